The van der Waals surface area contributed by atoms with E-state index in [1.165, 1.54) is 0 Å². The largest absolute Gasteiger partial charge is 0.481 e. The van der Waals surface area contributed by atoms with Crippen LogP contribution in [0.25, 0.3) is 0 Å². The Balaban J connectivity index is 1.85. The molecule has 0 bridgehead atoms. The van der Waals surface area contributed by atoms with Gasteiger partial charge >= 0.3 is 0 Å². The number of benzene rings is 3. The van der Waals surface area contributed by atoms with Crippen molar-refractivity contribution in [1.82, 2.24) is 5.32 Å². The van der Waals surface area contributed by atoms with E-state index in [1.807, 2.05) is 62.4 Å². The number of ether oxygens (including phenoxy) is 1. The summed E-state index contributed by atoms with van der Waals surface area (Å²) < 4.78 is 6.14. The highest BCUT2D eigenvalue weighted by Gasteiger charge is 2.23. The number of hydrogen-bond donors (Lipinski definition) is 1. The molecule has 0 fully saturated rings. The number of carbonyl (C=O) groups is 1. The smallest absolute Gasteiger partial charge is 0.261 e. The van der Waals surface area contributed by atoms with Gasteiger partial charge in [-0.1, -0.05) is 80.6 Å². The SMILES string of the molecule is Cc1ccc(C(C)C)c(O[C@@H](C)C(=O)N[C@H](c2ccccc2)c2ccccc2C)c1. The van der Waals surface area contributed by atoms with Crippen molar-refractivity contribution in [3.8, 4) is 5.75 Å². The summed E-state index contributed by atoms with van der Waals surface area (Å²) in [5, 5.41) is 3.21. The third-order valence-corrected chi connectivity index (χ3v) is 5.38. The summed E-state index contributed by atoms with van der Waals surface area (Å²) in [6.07, 6.45) is -0.612. The molecule has 0 unspecified atom stereocenters. The van der Waals surface area contributed by atoms with Crippen molar-refractivity contribution in [3.05, 3.63) is 101 Å². The number of nitrogens with one attached hydrogen (secondary N) is 1. The quantitative estimate of drug-likeness (QED) is 0.519. The molecule has 3 rings (SSSR count). The van der Waals surface area contributed by atoms with Gasteiger partial charge in [-0.25, -0.2) is 0 Å². The van der Waals surface area contributed by atoms with E-state index >= 15 is 0 Å². The van der Waals surface area contributed by atoms with E-state index in [4.69, 9.17) is 4.74 Å². The van der Waals surface area contributed by atoms with Gasteiger partial charge in [0.15, 0.2) is 6.10 Å². The highest BCUT2D eigenvalue weighted by atomic mass is 16.5. The second-order valence-electron chi connectivity index (χ2n) is 8.16. The highest BCUT2D eigenvalue weighted by molar-refractivity contribution is 5.81. The van der Waals surface area contributed by atoms with Crippen LogP contribution in [0.1, 0.15) is 60.5 Å². The van der Waals surface area contributed by atoms with Gasteiger partial charge in [-0.3, -0.25) is 4.79 Å². The Labute approximate surface area is 180 Å². The monoisotopic (exact) mass is 401 g/mol. The van der Waals surface area contributed by atoms with Gasteiger partial charge in [0.1, 0.15) is 5.75 Å². The zero-order chi connectivity index (χ0) is 21.7. The first-order valence-corrected chi connectivity index (χ1v) is 10.5. The van der Waals surface area contributed by atoms with Crippen LogP contribution in [0.15, 0.2) is 72.8 Å². The summed E-state index contributed by atoms with van der Waals surface area (Å²) in [5.41, 5.74) is 5.50. The summed E-state index contributed by atoms with van der Waals surface area (Å²) in [4.78, 5) is 13.1. The lowest BCUT2D eigenvalue weighted by Gasteiger charge is -2.25. The minimum Gasteiger partial charge on any atom is -0.481 e. The Bertz CT molecular complexity index is 995. The predicted molar refractivity (Wildman–Crippen MR) is 123 cm³/mol. The van der Waals surface area contributed by atoms with E-state index in [9.17, 15) is 4.79 Å². The third-order valence-electron chi connectivity index (χ3n) is 5.38. The van der Waals surface area contributed by atoms with Crippen molar-refractivity contribution in [2.45, 2.75) is 52.7 Å². The lowest BCUT2D eigenvalue weighted by atomic mass is 9.95. The molecule has 0 saturated carbocycles. The molecule has 0 aliphatic carbocycles. The van der Waals surface area contributed by atoms with E-state index in [2.05, 4.69) is 50.4 Å². The third kappa shape index (κ3) is 5.10. The van der Waals surface area contributed by atoms with Crippen molar-refractivity contribution < 1.29 is 9.53 Å². The van der Waals surface area contributed by atoms with Crippen LogP contribution in [-0.2, 0) is 4.79 Å². The summed E-state index contributed by atoms with van der Waals surface area (Å²) in [6.45, 7) is 10.2. The molecule has 0 spiro atoms. The maximum absolute atomic E-state index is 13.1. The standard InChI is InChI=1S/C27H31NO2/c1-18(2)23-16-15-19(3)17-25(23)30-21(5)27(29)28-26(22-12-7-6-8-13-22)24-14-10-9-11-20(24)4/h6-18,21,26H,1-5H3,(H,28,29)/t21-,26+/m0/s1. The fourth-order valence-corrected chi connectivity index (χ4v) is 3.62. The topological polar surface area (TPSA) is 38.3 Å². The number of hydrogen-bond acceptors (Lipinski definition) is 2. The Morgan fingerprint density at radius 1 is 0.833 bits per heavy atom. The summed E-state index contributed by atoms with van der Waals surface area (Å²) >= 11 is 0. The predicted octanol–water partition coefficient (Wildman–Crippen LogP) is 6.10. The number of rotatable bonds is 7. The molecule has 3 heteroatoms. The first-order valence-electron chi connectivity index (χ1n) is 10.5. The lowest BCUT2D eigenvalue weighted by Crippen LogP contribution is -2.39. The maximum atomic E-state index is 13.1. The zero-order valence-electron chi connectivity index (χ0n) is 18.5. The van der Waals surface area contributed by atoms with Crippen LogP contribution >= 0.6 is 0 Å². The average molecular weight is 402 g/mol. The zero-order valence-corrected chi connectivity index (χ0v) is 18.5. The molecule has 1 N–H and O–H groups in total. The van der Waals surface area contributed by atoms with Crippen molar-refractivity contribution in [1.29, 1.82) is 0 Å². The number of aryl methyl sites for hydroxylation is 2. The van der Waals surface area contributed by atoms with Gasteiger partial charge in [0.2, 0.25) is 0 Å². The van der Waals surface area contributed by atoms with Gasteiger partial charge in [-0.15, -0.1) is 0 Å². The van der Waals surface area contributed by atoms with Crippen LogP contribution < -0.4 is 10.1 Å². The van der Waals surface area contributed by atoms with Crippen LogP contribution in [0.2, 0.25) is 0 Å². The van der Waals surface area contributed by atoms with Crippen molar-refractivity contribution in [2.24, 2.45) is 0 Å². The molecular formula is C27H31NO2. The van der Waals surface area contributed by atoms with E-state index in [1.54, 1.807) is 0 Å². The molecule has 0 saturated heterocycles. The van der Waals surface area contributed by atoms with Crippen LogP contribution in [0.4, 0.5) is 0 Å². The average Bonchev–Trinajstić information content (AvgIpc) is 2.73. The molecule has 0 radical (unpaired) electrons. The van der Waals surface area contributed by atoms with Gasteiger partial charge in [-0.2, -0.15) is 0 Å². The molecule has 3 nitrogen and oxygen atoms in total. The molecular weight excluding hydrogens is 370 g/mol. The van der Waals surface area contributed by atoms with Gasteiger partial charge in [0.05, 0.1) is 6.04 Å². The molecule has 30 heavy (non-hydrogen) atoms. The summed E-state index contributed by atoms with van der Waals surface area (Å²) in [7, 11) is 0. The first-order chi connectivity index (χ1) is 14.4. The Morgan fingerprint density at radius 2 is 1.50 bits per heavy atom. The van der Waals surface area contributed by atoms with E-state index in [-0.39, 0.29) is 11.9 Å². The van der Waals surface area contributed by atoms with E-state index < -0.39 is 6.10 Å². The summed E-state index contributed by atoms with van der Waals surface area (Å²) in [5.74, 6) is 0.961. The molecule has 2 atom stereocenters. The van der Waals surface area contributed by atoms with E-state index in [0.717, 1.165) is 33.6 Å². The molecule has 0 aromatic heterocycles. The second-order valence-corrected chi connectivity index (χ2v) is 8.16. The van der Waals surface area contributed by atoms with Crippen LogP contribution in [0.3, 0.4) is 0 Å². The maximum Gasteiger partial charge on any atom is 0.261 e. The molecule has 156 valence electrons. The molecule has 0 heterocycles. The Hall–Kier alpha value is -3.07. The lowest BCUT2D eigenvalue weighted by molar-refractivity contribution is -0.127. The van der Waals surface area contributed by atoms with Crippen LogP contribution in [0.5, 0.6) is 5.75 Å². The van der Waals surface area contributed by atoms with Crippen LogP contribution in [0, 0.1) is 13.8 Å². The first kappa shape index (κ1) is 21.6. The molecule has 3 aromatic carbocycles. The molecule has 1 amide bonds. The fraction of sp³-hybridized carbons (Fsp3) is 0.296. The van der Waals surface area contributed by atoms with Crippen molar-refractivity contribution in [2.75, 3.05) is 0 Å². The van der Waals surface area contributed by atoms with Gasteiger partial charge in [-0.05, 0) is 60.6 Å². The summed E-state index contributed by atoms with van der Waals surface area (Å²) in [6, 6.07) is 24.2. The van der Waals surface area contributed by atoms with Gasteiger partial charge in [0, 0.05) is 0 Å². The van der Waals surface area contributed by atoms with Crippen molar-refractivity contribution >= 4 is 5.91 Å². The second kappa shape index (κ2) is 9.62. The molecule has 3 aromatic rings. The van der Waals surface area contributed by atoms with E-state index in [0.29, 0.717) is 5.92 Å². The highest BCUT2D eigenvalue weighted by Crippen LogP contribution is 2.29. The molecule has 0 aliphatic rings. The minimum atomic E-state index is -0.612. The Kier molecular flexibility index (Phi) is 6.94. The Morgan fingerprint density at radius 3 is 2.17 bits per heavy atom. The molecule has 0 aliphatic heterocycles. The van der Waals surface area contributed by atoms with Gasteiger partial charge in [0.25, 0.3) is 5.91 Å². The van der Waals surface area contributed by atoms with Crippen LogP contribution in [-0.4, -0.2) is 12.0 Å². The number of carbonyl (C=O) groups excluding carboxylic acids is 1. The fourth-order valence-electron chi connectivity index (χ4n) is 3.62. The van der Waals surface area contributed by atoms with Gasteiger partial charge < -0.3 is 10.1 Å². The normalized spacial score (nSPS) is 13.0. The number of amides is 1. The minimum absolute atomic E-state index is 0.136. The van der Waals surface area contributed by atoms with Crippen molar-refractivity contribution in [3.63, 3.8) is 0 Å².